The van der Waals surface area contributed by atoms with E-state index in [2.05, 4.69) is 0 Å². The van der Waals surface area contributed by atoms with Crippen molar-refractivity contribution in [3.8, 4) is 5.75 Å². The summed E-state index contributed by atoms with van der Waals surface area (Å²) in [6, 6.07) is 5.13. The molecular weight excluding hydrogens is 193 g/mol. The fourth-order valence-electron chi connectivity index (χ4n) is 1.39. The fraction of sp³-hybridized carbons (Fsp3) is 0.500. The number of benzene rings is 1. The second kappa shape index (κ2) is 5.71. The summed E-state index contributed by atoms with van der Waals surface area (Å²) in [7, 11) is 0. The highest BCUT2D eigenvalue weighted by Gasteiger charge is 2.06. The first-order valence-electron chi connectivity index (χ1n) is 5.34. The zero-order valence-corrected chi connectivity index (χ0v) is 9.29. The first-order valence-corrected chi connectivity index (χ1v) is 5.34. The third kappa shape index (κ3) is 3.51. The molecule has 2 nitrogen and oxygen atoms in total. The van der Waals surface area contributed by atoms with Crippen molar-refractivity contribution in [2.75, 3.05) is 6.61 Å². The highest BCUT2D eigenvalue weighted by Crippen LogP contribution is 2.19. The number of nitrogens with two attached hydrogens (primary N) is 1. The lowest BCUT2D eigenvalue weighted by molar-refractivity contribution is 0.321. The van der Waals surface area contributed by atoms with E-state index >= 15 is 0 Å². The Bertz CT molecular complexity index is 314. The molecular formula is C12H18FNO. The normalized spacial score (nSPS) is 12.5. The Kier molecular flexibility index (Phi) is 4.56. The summed E-state index contributed by atoms with van der Waals surface area (Å²) in [6.07, 6.45) is 1.61. The number of hydrogen-bond acceptors (Lipinski definition) is 2. The molecule has 0 aromatic heterocycles. The molecule has 15 heavy (non-hydrogen) atoms. The predicted octanol–water partition coefficient (Wildman–Crippen LogP) is 2.50. The molecule has 1 aromatic rings. The molecule has 0 aliphatic heterocycles. The van der Waals surface area contributed by atoms with E-state index in [9.17, 15) is 4.39 Å². The molecule has 0 spiro atoms. The van der Waals surface area contributed by atoms with Gasteiger partial charge in [-0.2, -0.15) is 0 Å². The minimum atomic E-state index is -0.308. The van der Waals surface area contributed by atoms with Crippen LogP contribution in [0.5, 0.6) is 5.75 Å². The van der Waals surface area contributed by atoms with Crippen molar-refractivity contribution in [2.45, 2.75) is 32.7 Å². The third-order valence-corrected chi connectivity index (χ3v) is 2.32. The quantitative estimate of drug-likeness (QED) is 0.812. The third-order valence-electron chi connectivity index (χ3n) is 2.32. The van der Waals surface area contributed by atoms with Crippen LogP contribution in [0.4, 0.5) is 4.39 Å². The lowest BCUT2D eigenvalue weighted by Crippen LogP contribution is -2.21. The average molecular weight is 211 g/mol. The topological polar surface area (TPSA) is 35.2 Å². The minimum absolute atomic E-state index is 0.0994. The van der Waals surface area contributed by atoms with Gasteiger partial charge < -0.3 is 10.5 Å². The van der Waals surface area contributed by atoms with Crippen molar-refractivity contribution in [3.05, 3.63) is 29.6 Å². The van der Waals surface area contributed by atoms with Crippen molar-refractivity contribution in [1.82, 2.24) is 0 Å². The van der Waals surface area contributed by atoms with Gasteiger partial charge in [-0.25, -0.2) is 4.39 Å². The van der Waals surface area contributed by atoms with Crippen molar-refractivity contribution >= 4 is 0 Å². The Morgan fingerprint density at radius 3 is 2.67 bits per heavy atom. The lowest BCUT2D eigenvalue weighted by Gasteiger charge is -2.10. The molecule has 84 valence electrons. The summed E-state index contributed by atoms with van der Waals surface area (Å²) in [5.41, 5.74) is 6.72. The smallest absolute Gasteiger partial charge is 0.165 e. The van der Waals surface area contributed by atoms with E-state index in [0.717, 1.165) is 12.0 Å². The number of hydrogen-bond donors (Lipinski definition) is 1. The van der Waals surface area contributed by atoms with Crippen molar-refractivity contribution in [2.24, 2.45) is 5.73 Å². The van der Waals surface area contributed by atoms with Gasteiger partial charge >= 0.3 is 0 Å². The summed E-state index contributed by atoms with van der Waals surface area (Å²) in [6.45, 7) is 4.33. The molecule has 0 saturated carbocycles. The molecule has 1 unspecified atom stereocenters. The Balaban J connectivity index is 2.73. The van der Waals surface area contributed by atoms with Gasteiger partial charge in [0, 0.05) is 6.04 Å². The highest BCUT2D eigenvalue weighted by molar-refractivity contribution is 5.29. The Labute approximate surface area is 90.2 Å². The molecule has 2 N–H and O–H groups in total. The highest BCUT2D eigenvalue weighted by atomic mass is 19.1. The number of halogens is 1. The molecule has 0 saturated heterocycles. The fourth-order valence-corrected chi connectivity index (χ4v) is 1.39. The van der Waals surface area contributed by atoms with Gasteiger partial charge in [0.2, 0.25) is 0 Å². The molecule has 0 aliphatic rings. The molecule has 1 aromatic carbocycles. The van der Waals surface area contributed by atoms with E-state index in [1.165, 1.54) is 6.07 Å². The van der Waals surface area contributed by atoms with E-state index in [4.69, 9.17) is 10.5 Å². The maximum absolute atomic E-state index is 13.4. The molecule has 1 atom stereocenters. The number of ether oxygens (including phenoxy) is 1. The van der Waals surface area contributed by atoms with Crippen LogP contribution >= 0.6 is 0 Å². The van der Waals surface area contributed by atoms with Crippen LogP contribution in [0.15, 0.2) is 18.2 Å². The minimum Gasteiger partial charge on any atom is -0.491 e. The SMILES string of the molecule is CCOc1ccc(CC(N)CC)cc1F. The van der Waals surface area contributed by atoms with Crippen LogP contribution < -0.4 is 10.5 Å². The summed E-state index contributed by atoms with van der Waals surface area (Å²) in [4.78, 5) is 0. The van der Waals surface area contributed by atoms with Crippen LogP contribution in [-0.2, 0) is 6.42 Å². The zero-order valence-electron chi connectivity index (χ0n) is 9.29. The maximum atomic E-state index is 13.4. The second-order valence-corrected chi connectivity index (χ2v) is 3.57. The summed E-state index contributed by atoms with van der Waals surface area (Å²) < 4.78 is 18.5. The van der Waals surface area contributed by atoms with E-state index in [-0.39, 0.29) is 11.9 Å². The maximum Gasteiger partial charge on any atom is 0.165 e. The molecule has 0 aliphatic carbocycles. The summed E-state index contributed by atoms with van der Waals surface area (Å²) in [5.74, 6) is 0.00368. The zero-order chi connectivity index (χ0) is 11.3. The summed E-state index contributed by atoms with van der Waals surface area (Å²) in [5, 5.41) is 0. The molecule has 0 fully saturated rings. The first-order chi connectivity index (χ1) is 7.17. The second-order valence-electron chi connectivity index (χ2n) is 3.57. The average Bonchev–Trinajstić information content (AvgIpc) is 2.22. The Morgan fingerprint density at radius 2 is 2.13 bits per heavy atom. The standard InChI is InChI=1S/C12H18FNO/c1-3-10(14)7-9-5-6-12(15-4-2)11(13)8-9/h5-6,8,10H,3-4,7,14H2,1-2H3. The van der Waals surface area contributed by atoms with Crippen LogP contribution in [0.2, 0.25) is 0 Å². The van der Waals surface area contributed by atoms with Gasteiger partial charge in [0.05, 0.1) is 6.61 Å². The Morgan fingerprint density at radius 1 is 1.40 bits per heavy atom. The number of rotatable bonds is 5. The van der Waals surface area contributed by atoms with Crippen LogP contribution in [0.3, 0.4) is 0 Å². The van der Waals surface area contributed by atoms with Gasteiger partial charge in [-0.05, 0) is 37.5 Å². The molecule has 1 rings (SSSR count). The monoisotopic (exact) mass is 211 g/mol. The van der Waals surface area contributed by atoms with E-state index in [0.29, 0.717) is 18.8 Å². The van der Waals surface area contributed by atoms with Crippen LogP contribution in [0.1, 0.15) is 25.8 Å². The van der Waals surface area contributed by atoms with Crippen molar-refractivity contribution in [1.29, 1.82) is 0 Å². The van der Waals surface area contributed by atoms with Gasteiger partial charge in [-0.1, -0.05) is 13.0 Å². The first kappa shape index (κ1) is 12.0. The molecule has 0 bridgehead atoms. The van der Waals surface area contributed by atoms with Crippen molar-refractivity contribution < 1.29 is 9.13 Å². The van der Waals surface area contributed by atoms with Gasteiger partial charge in [-0.15, -0.1) is 0 Å². The van der Waals surface area contributed by atoms with Crippen LogP contribution in [-0.4, -0.2) is 12.6 Å². The van der Waals surface area contributed by atoms with Gasteiger partial charge in [0.15, 0.2) is 11.6 Å². The van der Waals surface area contributed by atoms with Crippen LogP contribution in [0, 0.1) is 5.82 Å². The van der Waals surface area contributed by atoms with Gasteiger partial charge in [-0.3, -0.25) is 0 Å². The van der Waals surface area contributed by atoms with Gasteiger partial charge in [0.25, 0.3) is 0 Å². The van der Waals surface area contributed by atoms with E-state index in [1.807, 2.05) is 19.9 Å². The van der Waals surface area contributed by atoms with E-state index < -0.39 is 0 Å². The Hall–Kier alpha value is -1.09. The largest absolute Gasteiger partial charge is 0.491 e. The summed E-state index contributed by atoms with van der Waals surface area (Å²) >= 11 is 0. The van der Waals surface area contributed by atoms with E-state index in [1.54, 1.807) is 6.07 Å². The molecule has 0 radical (unpaired) electrons. The molecule has 0 amide bonds. The van der Waals surface area contributed by atoms with Gasteiger partial charge in [0.1, 0.15) is 0 Å². The molecule has 0 heterocycles. The predicted molar refractivity (Wildman–Crippen MR) is 59.5 cm³/mol. The van der Waals surface area contributed by atoms with Crippen LogP contribution in [0.25, 0.3) is 0 Å². The lowest BCUT2D eigenvalue weighted by atomic mass is 10.0. The molecule has 3 heteroatoms. The van der Waals surface area contributed by atoms with Crippen molar-refractivity contribution in [3.63, 3.8) is 0 Å².